The highest BCUT2D eigenvalue weighted by Gasteiger charge is 2.34. The first kappa shape index (κ1) is 11.5. The lowest BCUT2D eigenvalue weighted by Gasteiger charge is -2.14. The van der Waals surface area contributed by atoms with Gasteiger partial charge < -0.3 is 0 Å². The van der Waals surface area contributed by atoms with Crippen LogP contribution in [0.2, 0.25) is 0 Å². The lowest BCUT2D eigenvalue weighted by Crippen LogP contribution is -2.43. The number of carbonyl (C=O) groups excluding carboxylic acids is 3. The summed E-state index contributed by atoms with van der Waals surface area (Å²) in [6.07, 6.45) is 0.285. The third-order valence-electron chi connectivity index (χ3n) is 2.54. The molecular formula is C12H12N2O3. The maximum Gasteiger partial charge on any atom is 0.276 e. The molecule has 0 radical (unpaired) electrons. The van der Waals surface area contributed by atoms with Crippen LogP contribution >= 0.6 is 0 Å². The summed E-state index contributed by atoms with van der Waals surface area (Å²) in [7, 11) is 0. The molecule has 5 heteroatoms. The first-order valence-corrected chi connectivity index (χ1v) is 5.32. The molecule has 0 spiro atoms. The number of nitrogens with one attached hydrogen (secondary N) is 1. The Labute approximate surface area is 98.4 Å². The Morgan fingerprint density at radius 1 is 1.18 bits per heavy atom. The molecule has 2 rings (SSSR count). The second-order valence-corrected chi connectivity index (χ2v) is 3.85. The zero-order chi connectivity index (χ0) is 12.4. The van der Waals surface area contributed by atoms with Crippen LogP contribution in [0.5, 0.6) is 0 Å². The van der Waals surface area contributed by atoms with Crippen LogP contribution in [-0.2, 0) is 4.79 Å². The molecular weight excluding hydrogens is 220 g/mol. The van der Waals surface area contributed by atoms with Crippen LogP contribution in [0.15, 0.2) is 24.3 Å². The fraction of sp³-hybridized carbons (Fsp3) is 0.250. The number of hydrogen-bond acceptors (Lipinski definition) is 4. The molecule has 0 bridgehead atoms. The summed E-state index contributed by atoms with van der Waals surface area (Å²) in [5, 5.41) is 0.966. The number of fused-ring (bicyclic) bond motifs is 1. The van der Waals surface area contributed by atoms with Crippen molar-refractivity contribution < 1.29 is 14.4 Å². The lowest BCUT2D eigenvalue weighted by molar-refractivity contribution is -0.117. The summed E-state index contributed by atoms with van der Waals surface area (Å²) in [5.41, 5.74) is 3.47. The van der Waals surface area contributed by atoms with Gasteiger partial charge in [-0.3, -0.25) is 14.4 Å². The summed E-state index contributed by atoms with van der Waals surface area (Å²) in [4.78, 5) is 34.5. The van der Waals surface area contributed by atoms with Gasteiger partial charge in [-0.25, -0.2) is 10.4 Å². The summed E-state index contributed by atoms with van der Waals surface area (Å²) < 4.78 is 0. The highest BCUT2D eigenvalue weighted by Crippen LogP contribution is 2.20. The molecule has 0 aliphatic carbocycles. The Hall–Kier alpha value is -2.01. The van der Waals surface area contributed by atoms with E-state index in [2.05, 4.69) is 5.43 Å². The number of rotatable bonds is 4. The average Bonchev–Trinajstić information content (AvgIpc) is 2.54. The van der Waals surface area contributed by atoms with Crippen molar-refractivity contribution >= 4 is 17.6 Å². The standard InChI is InChI=1S/C12H12N2O3/c1-8(15)6-7-13-14-11(16)9-4-2-3-5-10(9)12(14)17/h2-5,13H,6-7H2,1H3. The number of carbonyl (C=O) groups is 3. The minimum Gasteiger partial charge on any atom is -0.300 e. The third-order valence-corrected chi connectivity index (χ3v) is 2.54. The van der Waals surface area contributed by atoms with Crippen LogP contribution in [0.3, 0.4) is 0 Å². The molecule has 1 heterocycles. The first-order valence-electron chi connectivity index (χ1n) is 5.32. The Morgan fingerprint density at radius 3 is 2.18 bits per heavy atom. The first-order chi connectivity index (χ1) is 8.11. The molecule has 1 aliphatic heterocycles. The van der Waals surface area contributed by atoms with Crippen molar-refractivity contribution in [2.75, 3.05) is 6.54 Å². The maximum atomic E-state index is 11.8. The van der Waals surface area contributed by atoms with Crippen molar-refractivity contribution in [3.05, 3.63) is 35.4 Å². The second kappa shape index (κ2) is 4.47. The van der Waals surface area contributed by atoms with Crippen LogP contribution in [0, 0.1) is 0 Å². The Bertz CT molecular complexity index is 461. The summed E-state index contributed by atoms with van der Waals surface area (Å²) in [6, 6.07) is 6.65. The van der Waals surface area contributed by atoms with Crippen LogP contribution in [0.4, 0.5) is 0 Å². The minimum absolute atomic E-state index is 0.00843. The number of ketones is 1. The number of nitrogens with zero attached hydrogens (tertiary/aromatic N) is 1. The fourth-order valence-electron chi connectivity index (χ4n) is 1.68. The van der Waals surface area contributed by atoms with Crippen molar-refractivity contribution in [1.29, 1.82) is 0 Å². The van der Waals surface area contributed by atoms with Crippen LogP contribution < -0.4 is 5.43 Å². The van der Waals surface area contributed by atoms with Crippen LogP contribution in [-0.4, -0.2) is 29.2 Å². The van der Waals surface area contributed by atoms with Crippen molar-refractivity contribution in [2.24, 2.45) is 0 Å². The molecule has 0 unspecified atom stereocenters. The molecule has 5 nitrogen and oxygen atoms in total. The summed E-state index contributed by atoms with van der Waals surface area (Å²) >= 11 is 0. The number of imide groups is 1. The predicted molar refractivity (Wildman–Crippen MR) is 60.2 cm³/mol. The largest absolute Gasteiger partial charge is 0.300 e. The molecule has 1 aromatic rings. The van der Waals surface area contributed by atoms with Crippen molar-refractivity contribution in [2.45, 2.75) is 13.3 Å². The van der Waals surface area contributed by atoms with E-state index in [1.807, 2.05) is 0 Å². The van der Waals surface area contributed by atoms with Gasteiger partial charge in [-0.05, 0) is 19.1 Å². The maximum absolute atomic E-state index is 11.8. The molecule has 2 amide bonds. The van der Waals surface area contributed by atoms with Gasteiger partial charge in [0.25, 0.3) is 11.8 Å². The molecule has 1 aromatic carbocycles. The van der Waals surface area contributed by atoms with Gasteiger partial charge in [-0.2, -0.15) is 0 Å². The van der Waals surface area contributed by atoms with Crippen LogP contribution in [0.1, 0.15) is 34.1 Å². The Morgan fingerprint density at radius 2 is 1.71 bits per heavy atom. The SMILES string of the molecule is CC(=O)CCNN1C(=O)c2ccccc2C1=O. The van der Waals surface area contributed by atoms with E-state index in [0.29, 0.717) is 11.1 Å². The van der Waals surface area contributed by atoms with Gasteiger partial charge >= 0.3 is 0 Å². The van der Waals surface area contributed by atoms with Gasteiger partial charge in [-0.15, -0.1) is 0 Å². The number of Topliss-reactive ketones (excluding diaryl/α,β-unsaturated/α-hetero) is 1. The van der Waals surface area contributed by atoms with E-state index in [9.17, 15) is 14.4 Å². The van der Waals surface area contributed by atoms with E-state index in [1.54, 1.807) is 24.3 Å². The third kappa shape index (κ3) is 2.09. The minimum atomic E-state index is -0.367. The second-order valence-electron chi connectivity index (χ2n) is 3.85. The molecule has 0 atom stereocenters. The van der Waals surface area contributed by atoms with Gasteiger partial charge in [-0.1, -0.05) is 12.1 Å². The van der Waals surface area contributed by atoms with Gasteiger partial charge in [0.2, 0.25) is 0 Å². The van der Waals surface area contributed by atoms with Gasteiger partial charge in [0.15, 0.2) is 0 Å². The van der Waals surface area contributed by atoms with E-state index < -0.39 is 0 Å². The molecule has 0 saturated carbocycles. The lowest BCUT2D eigenvalue weighted by atomic mass is 10.1. The molecule has 1 aliphatic rings. The van der Waals surface area contributed by atoms with Gasteiger partial charge in [0.05, 0.1) is 11.1 Å². The zero-order valence-corrected chi connectivity index (χ0v) is 9.40. The fourth-order valence-corrected chi connectivity index (χ4v) is 1.68. The summed E-state index contributed by atoms with van der Waals surface area (Å²) in [5.74, 6) is -0.725. The molecule has 1 N–H and O–H groups in total. The van der Waals surface area contributed by atoms with Crippen molar-refractivity contribution in [1.82, 2.24) is 10.4 Å². The van der Waals surface area contributed by atoms with Gasteiger partial charge in [0, 0.05) is 13.0 Å². The normalized spacial score (nSPS) is 14.1. The molecule has 0 fully saturated rings. The van der Waals surface area contributed by atoms with E-state index >= 15 is 0 Å². The number of amides is 2. The van der Waals surface area contributed by atoms with E-state index in [0.717, 1.165) is 5.01 Å². The van der Waals surface area contributed by atoms with Gasteiger partial charge in [0.1, 0.15) is 5.78 Å². The molecule has 0 saturated heterocycles. The van der Waals surface area contributed by atoms with E-state index in [-0.39, 0.29) is 30.6 Å². The highest BCUT2D eigenvalue weighted by atomic mass is 16.2. The molecule has 17 heavy (non-hydrogen) atoms. The molecule has 88 valence electrons. The smallest absolute Gasteiger partial charge is 0.276 e. The monoisotopic (exact) mass is 232 g/mol. The predicted octanol–water partition coefficient (Wildman–Crippen LogP) is 0.766. The van der Waals surface area contributed by atoms with E-state index in [1.165, 1.54) is 6.92 Å². The topological polar surface area (TPSA) is 66.5 Å². The number of hydrazine groups is 1. The molecule has 0 aromatic heterocycles. The number of hydrogen-bond donors (Lipinski definition) is 1. The van der Waals surface area contributed by atoms with Crippen molar-refractivity contribution in [3.63, 3.8) is 0 Å². The summed E-state index contributed by atoms with van der Waals surface area (Å²) in [6.45, 7) is 1.74. The highest BCUT2D eigenvalue weighted by molar-refractivity contribution is 6.20. The number of benzene rings is 1. The quantitative estimate of drug-likeness (QED) is 0.778. The van der Waals surface area contributed by atoms with E-state index in [4.69, 9.17) is 0 Å². The Kier molecular flexibility index (Phi) is 3.01. The average molecular weight is 232 g/mol. The van der Waals surface area contributed by atoms with Crippen LogP contribution in [0.25, 0.3) is 0 Å². The van der Waals surface area contributed by atoms with Crippen molar-refractivity contribution in [3.8, 4) is 0 Å². The Balaban J connectivity index is 2.11. The zero-order valence-electron chi connectivity index (χ0n) is 9.40.